The van der Waals surface area contributed by atoms with E-state index in [4.69, 9.17) is 4.74 Å². The SMILES string of the molecule is CC(C)(C)C1CC(Oc2ccn3nc(-c4cccc(C#N)c4)c(I)c3n2)CCN1C(=O)O. The van der Waals surface area contributed by atoms with Gasteiger partial charge in [-0.2, -0.15) is 15.3 Å². The summed E-state index contributed by atoms with van der Waals surface area (Å²) < 4.78 is 8.78. The van der Waals surface area contributed by atoms with Crippen LogP contribution in [0.15, 0.2) is 36.5 Å². The van der Waals surface area contributed by atoms with Crippen molar-refractivity contribution in [2.24, 2.45) is 5.41 Å². The monoisotopic (exact) mass is 545 g/mol. The molecule has 1 amide bonds. The summed E-state index contributed by atoms with van der Waals surface area (Å²) in [6.07, 6.45) is 2.05. The van der Waals surface area contributed by atoms with Crippen molar-refractivity contribution >= 4 is 34.3 Å². The summed E-state index contributed by atoms with van der Waals surface area (Å²) in [6.45, 7) is 6.60. The van der Waals surface area contributed by atoms with Crippen LogP contribution < -0.4 is 4.74 Å². The molecule has 0 bridgehead atoms. The number of nitrogens with zero attached hydrogens (tertiary/aromatic N) is 5. The number of ether oxygens (including phenoxy) is 1. The molecule has 0 radical (unpaired) electrons. The molecular formula is C23H24IN5O3. The second-order valence-corrected chi connectivity index (χ2v) is 10.1. The van der Waals surface area contributed by atoms with Crippen LogP contribution in [0.3, 0.4) is 0 Å². The van der Waals surface area contributed by atoms with Gasteiger partial charge in [0.15, 0.2) is 5.65 Å². The number of halogens is 1. The van der Waals surface area contributed by atoms with Crippen molar-refractivity contribution in [1.29, 1.82) is 5.26 Å². The first kappa shape index (κ1) is 22.3. The average Bonchev–Trinajstić information content (AvgIpc) is 3.09. The Morgan fingerprint density at radius 2 is 2.12 bits per heavy atom. The number of carbonyl (C=O) groups is 1. The van der Waals surface area contributed by atoms with E-state index in [2.05, 4.69) is 59.5 Å². The molecule has 0 saturated carbocycles. The smallest absolute Gasteiger partial charge is 0.407 e. The van der Waals surface area contributed by atoms with Crippen LogP contribution in [0.4, 0.5) is 4.79 Å². The molecule has 8 nitrogen and oxygen atoms in total. The maximum atomic E-state index is 11.7. The van der Waals surface area contributed by atoms with E-state index in [-0.39, 0.29) is 17.6 Å². The van der Waals surface area contributed by atoms with Crippen molar-refractivity contribution in [1.82, 2.24) is 19.5 Å². The summed E-state index contributed by atoms with van der Waals surface area (Å²) in [7, 11) is 0. The number of likely N-dealkylation sites (tertiary alicyclic amines) is 1. The van der Waals surface area contributed by atoms with Crippen molar-refractivity contribution in [2.45, 2.75) is 45.8 Å². The maximum Gasteiger partial charge on any atom is 0.407 e. The van der Waals surface area contributed by atoms with Crippen LogP contribution in [0, 0.1) is 20.3 Å². The Labute approximate surface area is 200 Å². The molecule has 1 saturated heterocycles. The highest BCUT2D eigenvalue weighted by molar-refractivity contribution is 14.1. The van der Waals surface area contributed by atoms with Gasteiger partial charge in [0.05, 0.1) is 15.2 Å². The first-order chi connectivity index (χ1) is 15.2. The van der Waals surface area contributed by atoms with E-state index in [1.807, 2.05) is 24.4 Å². The first-order valence-electron chi connectivity index (χ1n) is 10.4. The number of piperidine rings is 1. The molecule has 2 aromatic heterocycles. The molecule has 3 heterocycles. The van der Waals surface area contributed by atoms with Crippen LogP contribution >= 0.6 is 22.6 Å². The van der Waals surface area contributed by atoms with E-state index < -0.39 is 6.09 Å². The molecule has 1 aliphatic rings. The third-order valence-corrected chi connectivity index (χ3v) is 6.75. The van der Waals surface area contributed by atoms with Crippen LogP contribution in [-0.2, 0) is 0 Å². The third kappa shape index (κ3) is 4.37. The standard InChI is InChI=1S/C23H24IN5O3/c1-23(2,3)17-12-16(7-9-28(17)22(30)31)32-18-8-10-29-21(26-18)19(24)20(27-29)15-6-4-5-14(11-15)13-25/h4-6,8,10-11,16-17H,7,9,12H2,1-3H3,(H,30,31). The Balaban J connectivity index is 1.59. The van der Waals surface area contributed by atoms with E-state index >= 15 is 0 Å². The lowest BCUT2D eigenvalue weighted by molar-refractivity contribution is 0.0117. The lowest BCUT2D eigenvalue weighted by Gasteiger charge is -2.44. The van der Waals surface area contributed by atoms with Crippen LogP contribution in [0.2, 0.25) is 0 Å². The summed E-state index contributed by atoms with van der Waals surface area (Å²) >= 11 is 2.22. The lowest BCUT2D eigenvalue weighted by atomic mass is 9.80. The van der Waals surface area contributed by atoms with Crippen LogP contribution in [0.1, 0.15) is 39.2 Å². The van der Waals surface area contributed by atoms with E-state index in [1.165, 1.54) is 4.90 Å². The fourth-order valence-corrected chi connectivity index (χ4v) is 4.92. The molecule has 4 rings (SSSR count). The number of aromatic nitrogens is 3. The Bertz CT molecular complexity index is 1210. The van der Waals surface area contributed by atoms with Crippen LogP contribution in [0.25, 0.3) is 16.9 Å². The average molecular weight is 545 g/mol. The minimum absolute atomic E-state index is 0.114. The zero-order valence-corrected chi connectivity index (χ0v) is 20.3. The molecule has 3 aromatic rings. The number of hydrogen-bond acceptors (Lipinski definition) is 5. The van der Waals surface area contributed by atoms with Crippen molar-refractivity contribution in [3.8, 4) is 23.2 Å². The molecule has 1 fully saturated rings. The summed E-state index contributed by atoms with van der Waals surface area (Å²) in [4.78, 5) is 17.9. The molecule has 1 aliphatic heterocycles. The van der Waals surface area contributed by atoms with E-state index in [0.29, 0.717) is 36.5 Å². The number of amides is 1. The number of hydrogen-bond donors (Lipinski definition) is 1. The zero-order valence-electron chi connectivity index (χ0n) is 18.1. The van der Waals surface area contributed by atoms with Crippen LogP contribution in [0.5, 0.6) is 5.88 Å². The second-order valence-electron chi connectivity index (χ2n) is 9.01. The Morgan fingerprint density at radius 1 is 1.34 bits per heavy atom. The van der Waals surface area contributed by atoms with Crippen molar-refractivity contribution < 1.29 is 14.6 Å². The maximum absolute atomic E-state index is 11.7. The van der Waals surface area contributed by atoms with Gasteiger partial charge in [0.1, 0.15) is 11.8 Å². The molecule has 1 aromatic carbocycles. The molecule has 1 N–H and O–H groups in total. The highest BCUT2D eigenvalue weighted by atomic mass is 127. The van der Waals surface area contributed by atoms with Gasteiger partial charge in [-0.25, -0.2) is 9.31 Å². The zero-order chi connectivity index (χ0) is 23.0. The summed E-state index contributed by atoms with van der Waals surface area (Å²) in [5.41, 5.74) is 2.68. The normalized spacial score (nSPS) is 19.0. The highest BCUT2D eigenvalue weighted by Crippen LogP contribution is 2.34. The summed E-state index contributed by atoms with van der Waals surface area (Å²) in [6, 6.07) is 11.1. The summed E-state index contributed by atoms with van der Waals surface area (Å²) in [5.74, 6) is 0.495. The van der Waals surface area contributed by atoms with Gasteiger partial charge in [-0.1, -0.05) is 32.9 Å². The van der Waals surface area contributed by atoms with Crippen molar-refractivity contribution in [2.75, 3.05) is 6.54 Å². The molecule has 166 valence electrons. The first-order valence-corrected chi connectivity index (χ1v) is 11.5. The minimum atomic E-state index is -0.885. The molecular weight excluding hydrogens is 521 g/mol. The van der Waals surface area contributed by atoms with E-state index in [1.54, 1.807) is 16.6 Å². The lowest BCUT2D eigenvalue weighted by Crippen LogP contribution is -2.53. The van der Waals surface area contributed by atoms with Gasteiger partial charge in [-0.15, -0.1) is 0 Å². The van der Waals surface area contributed by atoms with Gasteiger partial charge in [-0.3, -0.25) is 0 Å². The largest absolute Gasteiger partial charge is 0.474 e. The number of rotatable bonds is 3. The predicted octanol–water partition coefficient (Wildman–Crippen LogP) is 4.81. The number of carboxylic acid groups (broad SMARTS) is 1. The predicted molar refractivity (Wildman–Crippen MR) is 127 cm³/mol. The molecule has 32 heavy (non-hydrogen) atoms. The van der Waals surface area contributed by atoms with E-state index in [0.717, 1.165) is 14.8 Å². The van der Waals surface area contributed by atoms with Gasteiger partial charge < -0.3 is 14.7 Å². The highest BCUT2D eigenvalue weighted by Gasteiger charge is 2.39. The van der Waals surface area contributed by atoms with Gasteiger partial charge in [0, 0.05) is 43.3 Å². The van der Waals surface area contributed by atoms with E-state index in [9.17, 15) is 15.2 Å². The fourth-order valence-electron chi connectivity index (χ4n) is 4.13. The van der Waals surface area contributed by atoms with Crippen molar-refractivity contribution in [3.63, 3.8) is 0 Å². The molecule has 0 aliphatic carbocycles. The van der Waals surface area contributed by atoms with Crippen LogP contribution in [-0.4, -0.2) is 49.4 Å². The molecule has 2 unspecified atom stereocenters. The fraction of sp³-hybridized carbons (Fsp3) is 0.391. The Kier molecular flexibility index (Phi) is 5.99. The summed E-state index contributed by atoms with van der Waals surface area (Å²) in [5, 5.41) is 23.4. The number of benzene rings is 1. The third-order valence-electron chi connectivity index (χ3n) is 5.76. The van der Waals surface area contributed by atoms with Gasteiger partial charge in [0.2, 0.25) is 5.88 Å². The topological polar surface area (TPSA) is 104 Å². The van der Waals surface area contributed by atoms with Crippen molar-refractivity contribution in [3.05, 3.63) is 45.7 Å². The molecule has 9 heteroatoms. The molecule has 2 atom stereocenters. The van der Waals surface area contributed by atoms with Gasteiger partial charge >= 0.3 is 6.09 Å². The Hall–Kier alpha value is -2.87. The van der Waals surface area contributed by atoms with Gasteiger partial charge in [0.25, 0.3) is 0 Å². The number of nitriles is 1. The Morgan fingerprint density at radius 3 is 2.81 bits per heavy atom. The molecule has 0 spiro atoms. The minimum Gasteiger partial charge on any atom is -0.474 e. The second kappa shape index (κ2) is 8.58. The quantitative estimate of drug-likeness (QED) is 0.474. The van der Waals surface area contributed by atoms with Gasteiger partial charge in [-0.05, 0) is 40.1 Å². The number of fused-ring (bicyclic) bond motifs is 1.